The summed E-state index contributed by atoms with van der Waals surface area (Å²) in [5, 5.41) is 10.6. The van der Waals surface area contributed by atoms with E-state index in [4.69, 9.17) is 37.0 Å². The van der Waals surface area contributed by atoms with Gasteiger partial charge in [0.1, 0.15) is 19.3 Å². The number of ether oxygens (including phenoxy) is 4. The van der Waals surface area contributed by atoms with Gasteiger partial charge in [0.15, 0.2) is 12.2 Å². The number of phosphoric ester groups is 2. The Hall–Kier alpha value is -1.94. The van der Waals surface area contributed by atoms with Crippen LogP contribution in [0.15, 0.2) is 0 Å². The highest BCUT2D eigenvalue weighted by atomic mass is 31.2. The average molecular weight is 1420 g/mol. The van der Waals surface area contributed by atoms with Crippen LogP contribution in [0.5, 0.6) is 0 Å². The van der Waals surface area contributed by atoms with Crippen molar-refractivity contribution in [2.75, 3.05) is 39.6 Å². The lowest BCUT2D eigenvalue weighted by Gasteiger charge is -2.21. The van der Waals surface area contributed by atoms with Crippen molar-refractivity contribution in [3.05, 3.63) is 0 Å². The van der Waals surface area contributed by atoms with Gasteiger partial charge in [0.25, 0.3) is 0 Å². The average Bonchev–Trinajstić information content (AvgIpc) is 1.22. The summed E-state index contributed by atoms with van der Waals surface area (Å²) in [5.41, 5.74) is 0. The number of esters is 4. The maximum atomic E-state index is 13.1. The van der Waals surface area contributed by atoms with Crippen LogP contribution in [0, 0.1) is 5.92 Å². The lowest BCUT2D eigenvalue weighted by Crippen LogP contribution is -2.30. The van der Waals surface area contributed by atoms with E-state index in [0.29, 0.717) is 31.6 Å². The van der Waals surface area contributed by atoms with Gasteiger partial charge in [-0.25, -0.2) is 9.13 Å². The van der Waals surface area contributed by atoms with E-state index in [0.717, 1.165) is 96.3 Å². The van der Waals surface area contributed by atoms with Crippen LogP contribution >= 0.6 is 15.6 Å². The summed E-state index contributed by atoms with van der Waals surface area (Å²) in [6, 6.07) is 0. The summed E-state index contributed by atoms with van der Waals surface area (Å²) >= 11 is 0. The lowest BCUT2D eigenvalue weighted by molar-refractivity contribution is -0.161. The molecular weight excluding hydrogens is 1270 g/mol. The molecule has 0 aromatic carbocycles. The summed E-state index contributed by atoms with van der Waals surface area (Å²) in [5.74, 6) is -1.45. The molecule has 0 aromatic rings. The SMILES string of the molecule is CCCCCCCCCCCCCCCCCCCCCCCCC(=O)O[C@H](COC(=O)CCCCCCCCCCCCCCCCCCCC)COP(=O)(O)OC[C@@H](O)COP(=O)(O)OC[C@@H](COC(=O)CCCCCCCCCC)OC(=O)CCCCCCCCC(C)C. The van der Waals surface area contributed by atoms with Gasteiger partial charge in [0.05, 0.1) is 26.4 Å². The fraction of sp³-hybridized carbons (Fsp3) is 0.949. The minimum atomic E-state index is -4.96. The highest BCUT2D eigenvalue weighted by Crippen LogP contribution is 2.45. The van der Waals surface area contributed by atoms with E-state index >= 15 is 0 Å². The van der Waals surface area contributed by atoms with Crippen LogP contribution < -0.4 is 0 Å². The summed E-state index contributed by atoms with van der Waals surface area (Å²) in [7, 11) is -9.91. The van der Waals surface area contributed by atoms with Crippen molar-refractivity contribution in [3.63, 3.8) is 0 Å². The van der Waals surface area contributed by atoms with E-state index in [1.54, 1.807) is 0 Å². The number of unbranched alkanes of at least 4 members (excludes halogenated alkanes) is 50. The molecule has 17 nitrogen and oxygen atoms in total. The monoisotopic (exact) mass is 1420 g/mol. The number of hydrogen-bond acceptors (Lipinski definition) is 15. The van der Waals surface area contributed by atoms with Crippen LogP contribution in [0.4, 0.5) is 0 Å². The molecular formula is C78H152O17P2. The fourth-order valence-corrected chi connectivity index (χ4v) is 13.6. The van der Waals surface area contributed by atoms with Gasteiger partial charge in [0.2, 0.25) is 0 Å². The quantitative estimate of drug-likeness (QED) is 0.0222. The minimum Gasteiger partial charge on any atom is -0.462 e. The second-order valence-electron chi connectivity index (χ2n) is 28.6. The predicted octanol–water partition coefficient (Wildman–Crippen LogP) is 23.3. The third kappa shape index (κ3) is 72.2. The van der Waals surface area contributed by atoms with Crippen molar-refractivity contribution in [2.45, 2.75) is 432 Å². The molecule has 19 heteroatoms. The maximum Gasteiger partial charge on any atom is 0.472 e. The van der Waals surface area contributed by atoms with Gasteiger partial charge in [0, 0.05) is 25.7 Å². The number of aliphatic hydroxyl groups excluding tert-OH is 1. The molecule has 0 aliphatic heterocycles. The number of carbonyl (C=O) groups excluding carboxylic acids is 4. The minimum absolute atomic E-state index is 0.102. The highest BCUT2D eigenvalue weighted by molar-refractivity contribution is 7.47. The van der Waals surface area contributed by atoms with Gasteiger partial charge in [-0.2, -0.15) is 0 Å². The highest BCUT2D eigenvalue weighted by Gasteiger charge is 2.30. The van der Waals surface area contributed by atoms with Crippen LogP contribution in [-0.4, -0.2) is 96.7 Å². The van der Waals surface area contributed by atoms with E-state index in [9.17, 15) is 43.2 Å². The van der Waals surface area contributed by atoms with Crippen LogP contribution in [0.1, 0.15) is 413 Å². The number of carbonyl (C=O) groups is 4. The van der Waals surface area contributed by atoms with Gasteiger partial charge >= 0.3 is 39.5 Å². The predicted molar refractivity (Wildman–Crippen MR) is 395 cm³/mol. The third-order valence-corrected chi connectivity index (χ3v) is 20.2. The fourth-order valence-electron chi connectivity index (χ4n) is 12.1. The van der Waals surface area contributed by atoms with Crippen LogP contribution in [-0.2, 0) is 65.4 Å². The van der Waals surface area contributed by atoms with Crippen LogP contribution in [0.3, 0.4) is 0 Å². The van der Waals surface area contributed by atoms with Gasteiger partial charge in [-0.05, 0) is 31.6 Å². The molecule has 0 spiro atoms. The van der Waals surface area contributed by atoms with Gasteiger partial charge < -0.3 is 33.8 Å². The van der Waals surface area contributed by atoms with E-state index in [1.807, 2.05) is 0 Å². The third-order valence-electron chi connectivity index (χ3n) is 18.3. The Kier molecular flexibility index (Phi) is 69.6. The molecule has 2 unspecified atom stereocenters. The van der Waals surface area contributed by atoms with Crippen molar-refractivity contribution in [2.24, 2.45) is 5.92 Å². The molecule has 0 saturated heterocycles. The smallest absolute Gasteiger partial charge is 0.462 e. The molecule has 0 amide bonds. The molecule has 0 fully saturated rings. The van der Waals surface area contributed by atoms with Gasteiger partial charge in [-0.3, -0.25) is 37.3 Å². The molecule has 3 N–H and O–H groups in total. The molecule has 0 radical (unpaired) electrons. The lowest BCUT2D eigenvalue weighted by atomic mass is 10.0. The molecule has 0 aromatic heterocycles. The van der Waals surface area contributed by atoms with Gasteiger partial charge in [-0.15, -0.1) is 0 Å². The van der Waals surface area contributed by atoms with Crippen molar-refractivity contribution in [1.82, 2.24) is 0 Å². The largest absolute Gasteiger partial charge is 0.472 e. The summed E-state index contributed by atoms with van der Waals surface area (Å²) in [4.78, 5) is 72.7. The van der Waals surface area contributed by atoms with E-state index in [1.165, 1.54) is 231 Å². The van der Waals surface area contributed by atoms with Crippen LogP contribution in [0.2, 0.25) is 0 Å². The summed E-state index contributed by atoms with van der Waals surface area (Å²) < 4.78 is 68.4. The maximum absolute atomic E-state index is 13.1. The van der Waals surface area contributed by atoms with Crippen molar-refractivity contribution < 1.29 is 80.2 Å². The molecule has 576 valence electrons. The molecule has 0 rings (SSSR count). The zero-order chi connectivity index (χ0) is 71.2. The normalized spacial score (nSPS) is 13.9. The first-order valence-corrected chi connectivity index (χ1v) is 43.6. The zero-order valence-electron chi connectivity index (χ0n) is 63.2. The van der Waals surface area contributed by atoms with E-state index < -0.39 is 97.5 Å². The van der Waals surface area contributed by atoms with Crippen molar-refractivity contribution in [3.8, 4) is 0 Å². The first-order valence-electron chi connectivity index (χ1n) is 40.6. The topological polar surface area (TPSA) is 237 Å². The molecule has 0 aliphatic carbocycles. The van der Waals surface area contributed by atoms with Gasteiger partial charge in [-0.1, -0.05) is 362 Å². The van der Waals surface area contributed by atoms with Crippen molar-refractivity contribution >= 4 is 39.5 Å². The molecule has 0 heterocycles. The first kappa shape index (κ1) is 95.1. The molecule has 0 saturated carbocycles. The number of phosphoric acid groups is 2. The standard InChI is InChI=1S/C78H152O17P2/c1-6-9-12-15-18-21-23-25-27-29-31-32-33-34-36-38-40-42-44-47-53-58-63-77(82)94-73(67-89-76(81)62-57-52-46-43-41-39-37-35-30-28-26-24-22-19-16-13-10-7-2)69-92-96(84,85)90-65-72(79)66-91-97(86,87)93-70-74(68-88-75(80)61-56-51-45-20-17-14-11-8-3)95-78(83)64-59-54-49-48-50-55-60-71(4)5/h71-74,79H,6-70H2,1-5H3,(H,84,85)(H,86,87)/t72-,73-,74-/m1/s1. The zero-order valence-corrected chi connectivity index (χ0v) is 65.0. The van der Waals surface area contributed by atoms with Crippen molar-refractivity contribution in [1.29, 1.82) is 0 Å². The Balaban J connectivity index is 5.14. The number of aliphatic hydroxyl groups is 1. The van der Waals surface area contributed by atoms with E-state index in [-0.39, 0.29) is 25.7 Å². The second-order valence-corrected chi connectivity index (χ2v) is 31.5. The first-order chi connectivity index (χ1) is 47.0. The number of hydrogen-bond donors (Lipinski definition) is 3. The molecule has 5 atom stereocenters. The van der Waals surface area contributed by atoms with Crippen LogP contribution in [0.25, 0.3) is 0 Å². The second kappa shape index (κ2) is 71.1. The Morgan fingerprint density at radius 1 is 0.278 bits per heavy atom. The molecule has 0 aliphatic rings. The Morgan fingerprint density at radius 2 is 0.474 bits per heavy atom. The number of rotatable bonds is 78. The summed E-state index contributed by atoms with van der Waals surface area (Å²) in [6.07, 6.45) is 61.6. The summed E-state index contributed by atoms with van der Waals surface area (Å²) in [6.45, 7) is 7.17. The molecule has 0 bridgehead atoms. The Morgan fingerprint density at radius 3 is 0.701 bits per heavy atom. The Bertz CT molecular complexity index is 1860. The molecule has 97 heavy (non-hydrogen) atoms. The Labute approximate surface area is 594 Å². The van der Waals surface area contributed by atoms with E-state index in [2.05, 4.69) is 34.6 Å².